The molecule has 1 N–H and O–H groups in total. The summed E-state index contributed by atoms with van der Waals surface area (Å²) in [5.41, 5.74) is 1.19. The molecule has 124 valence electrons. The van der Waals surface area contributed by atoms with Crippen molar-refractivity contribution >= 4 is 23.2 Å². The minimum Gasteiger partial charge on any atom is -0.497 e. The molecule has 0 aliphatic carbocycles. The standard InChI is InChI=1S/C18H18N2O4/c1-23-13-7-5-6-12(10-13)19-14-11-17(21)20(18(14)22)15-8-3-4-9-16(15)24-2/h3-10,14,19H,11H2,1-2H3/t14-/m1/s1. The average Bonchev–Trinajstić information content (AvgIpc) is 2.88. The van der Waals surface area contributed by atoms with E-state index in [4.69, 9.17) is 9.47 Å². The molecule has 2 amide bonds. The van der Waals surface area contributed by atoms with E-state index in [1.165, 1.54) is 12.0 Å². The van der Waals surface area contributed by atoms with E-state index in [0.29, 0.717) is 17.2 Å². The highest BCUT2D eigenvalue weighted by Gasteiger charge is 2.40. The van der Waals surface area contributed by atoms with Gasteiger partial charge in [-0.05, 0) is 24.3 Å². The Hall–Kier alpha value is -3.02. The van der Waals surface area contributed by atoms with Crippen LogP contribution >= 0.6 is 0 Å². The maximum Gasteiger partial charge on any atom is 0.256 e. The first-order valence-electron chi connectivity index (χ1n) is 7.54. The normalized spacial score (nSPS) is 17.1. The van der Waals surface area contributed by atoms with Crippen molar-refractivity contribution in [3.8, 4) is 11.5 Å². The fraction of sp³-hybridized carbons (Fsp3) is 0.222. The molecule has 1 fully saturated rings. The summed E-state index contributed by atoms with van der Waals surface area (Å²) in [7, 11) is 3.09. The first kappa shape index (κ1) is 15.9. The molecule has 2 aromatic carbocycles. The predicted octanol–water partition coefficient (Wildman–Crippen LogP) is 2.45. The van der Waals surface area contributed by atoms with Crippen molar-refractivity contribution in [1.29, 1.82) is 0 Å². The van der Waals surface area contributed by atoms with Crippen LogP contribution in [-0.2, 0) is 9.59 Å². The second-order valence-corrected chi connectivity index (χ2v) is 5.37. The summed E-state index contributed by atoms with van der Waals surface area (Å²) >= 11 is 0. The van der Waals surface area contributed by atoms with E-state index in [-0.39, 0.29) is 18.2 Å². The lowest BCUT2D eigenvalue weighted by Crippen LogP contribution is -2.35. The second-order valence-electron chi connectivity index (χ2n) is 5.37. The number of hydrogen-bond acceptors (Lipinski definition) is 5. The molecule has 24 heavy (non-hydrogen) atoms. The molecule has 2 aromatic rings. The molecule has 0 radical (unpaired) electrons. The number of methoxy groups -OCH3 is 2. The summed E-state index contributed by atoms with van der Waals surface area (Å²) in [6, 6.07) is 13.6. The smallest absolute Gasteiger partial charge is 0.256 e. The summed E-state index contributed by atoms with van der Waals surface area (Å²) in [5.74, 6) is 0.608. The van der Waals surface area contributed by atoms with Gasteiger partial charge in [-0.3, -0.25) is 9.59 Å². The molecule has 1 aliphatic rings. The predicted molar refractivity (Wildman–Crippen MR) is 90.5 cm³/mol. The first-order valence-corrected chi connectivity index (χ1v) is 7.54. The van der Waals surface area contributed by atoms with Crippen LogP contribution in [0.15, 0.2) is 48.5 Å². The number of nitrogens with zero attached hydrogens (tertiary/aromatic N) is 1. The molecular weight excluding hydrogens is 308 g/mol. The number of hydrogen-bond donors (Lipinski definition) is 1. The van der Waals surface area contributed by atoms with Gasteiger partial charge in [0.2, 0.25) is 5.91 Å². The second kappa shape index (κ2) is 6.62. The highest BCUT2D eigenvalue weighted by Crippen LogP contribution is 2.32. The van der Waals surface area contributed by atoms with E-state index in [1.807, 2.05) is 18.2 Å². The molecule has 6 nitrogen and oxygen atoms in total. The van der Waals surface area contributed by atoms with E-state index in [2.05, 4.69) is 5.32 Å². The fourth-order valence-corrected chi connectivity index (χ4v) is 2.73. The van der Waals surface area contributed by atoms with Crippen molar-refractivity contribution in [2.75, 3.05) is 24.4 Å². The monoisotopic (exact) mass is 326 g/mol. The van der Waals surface area contributed by atoms with Crippen molar-refractivity contribution in [2.45, 2.75) is 12.5 Å². The number of ether oxygens (including phenoxy) is 2. The quantitative estimate of drug-likeness (QED) is 0.855. The molecule has 0 aromatic heterocycles. The summed E-state index contributed by atoms with van der Waals surface area (Å²) in [6.45, 7) is 0. The van der Waals surface area contributed by atoms with Gasteiger partial charge in [-0.2, -0.15) is 0 Å². The number of nitrogens with one attached hydrogen (secondary N) is 1. The Morgan fingerprint density at radius 1 is 1.04 bits per heavy atom. The number of rotatable bonds is 5. The van der Waals surface area contributed by atoms with Crippen LogP contribution in [-0.4, -0.2) is 32.1 Å². The maximum atomic E-state index is 12.7. The van der Waals surface area contributed by atoms with E-state index < -0.39 is 6.04 Å². The van der Waals surface area contributed by atoms with Crippen molar-refractivity contribution < 1.29 is 19.1 Å². The van der Waals surface area contributed by atoms with E-state index in [1.54, 1.807) is 37.4 Å². The number of carbonyl (C=O) groups is 2. The van der Waals surface area contributed by atoms with Crippen LogP contribution in [0.25, 0.3) is 0 Å². The van der Waals surface area contributed by atoms with Crippen LogP contribution in [0.1, 0.15) is 6.42 Å². The zero-order valence-corrected chi connectivity index (χ0v) is 13.5. The Labute approximate surface area is 140 Å². The number of anilines is 2. The lowest BCUT2D eigenvalue weighted by molar-refractivity contribution is -0.121. The van der Waals surface area contributed by atoms with Crippen LogP contribution in [0.5, 0.6) is 11.5 Å². The fourth-order valence-electron chi connectivity index (χ4n) is 2.73. The third kappa shape index (κ3) is 2.90. The Bertz CT molecular complexity index is 775. The van der Waals surface area contributed by atoms with Gasteiger partial charge in [0.25, 0.3) is 5.91 Å². The third-order valence-corrected chi connectivity index (χ3v) is 3.88. The molecule has 1 heterocycles. The number of amides is 2. The van der Waals surface area contributed by atoms with Crippen molar-refractivity contribution in [1.82, 2.24) is 0 Å². The zero-order valence-electron chi connectivity index (χ0n) is 13.5. The Kier molecular flexibility index (Phi) is 4.37. The first-order chi connectivity index (χ1) is 11.6. The van der Waals surface area contributed by atoms with Gasteiger partial charge in [0.1, 0.15) is 17.5 Å². The molecular formula is C18H18N2O4. The van der Waals surface area contributed by atoms with Gasteiger partial charge < -0.3 is 14.8 Å². The number of benzene rings is 2. The summed E-state index contributed by atoms with van der Waals surface area (Å²) in [5, 5.41) is 3.10. The van der Waals surface area contributed by atoms with Gasteiger partial charge in [0.05, 0.1) is 26.3 Å². The van der Waals surface area contributed by atoms with Crippen LogP contribution in [0.3, 0.4) is 0 Å². The van der Waals surface area contributed by atoms with Crippen LogP contribution < -0.4 is 19.7 Å². The molecule has 1 aliphatic heterocycles. The molecule has 0 spiro atoms. The van der Waals surface area contributed by atoms with Crippen molar-refractivity contribution in [3.05, 3.63) is 48.5 Å². The van der Waals surface area contributed by atoms with Crippen molar-refractivity contribution in [2.24, 2.45) is 0 Å². The highest BCUT2D eigenvalue weighted by molar-refractivity contribution is 6.23. The largest absolute Gasteiger partial charge is 0.497 e. The van der Waals surface area contributed by atoms with Gasteiger partial charge in [-0.25, -0.2) is 4.90 Å². The average molecular weight is 326 g/mol. The summed E-state index contributed by atoms with van der Waals surface area (Å²) in [6.07, 6.45) is 0.0914. The molecule has 3 rings (SSSR count). The minimum atomic E-state index is -0.616. The maximum absolute atomic E-state index is 12.7. The molecule has 0 saturated carbocycles. The number of carbonyl (C=O) groups excluding carboxylic acids is 2. The minimum absolute atomic E-state index is 0.0914. The number of para-hydroxylation sites is 2. The van der Waals surface area contributed by atoms with Gasteiger partial charge in [-0.15, -0.1) is 0 Å². The zero-order chi connectivity index (χ0) is 17.1. The van der Waals surface area contributed by atoms with Crippen molar-refractivity contribution in [3.63, 3.8) is 0 Å². The van der Waals surface area contributed by atoms with Crippen LogP contribution in [0, 0.1) is 0 Å². The molecule has 0 bridgehead atoms. The SMILES string of the molecule is COc1cccc(N[C@@H]2CC(=O)N(c3ccccc3OC)C2=O)c1. The summed E-state index contributed by atoms with van der Waals surface area (Å²) in [4.78, 5) is 26.2. The Morgan fingerprint density at radius 2 is 1.83 bits per heavy atom. The molecule has 1 atom stereocenters. The third-order valence-electron chi connectivity index (χ3n) is 3.88. The van der Waals surface area contributed by atoms with E-state index in [0.717, 1.165) is 5.69 Å². The lowest BCUT2D eigenvalue weighted by Gasteiger charge is -2.18. The summed E-state index contributed by atoms with van der Waals surface area (Å²) < 4.78 is 10.4. The molecule has 0 unspecified atom stereocenters. The van der Waals surface area contributed by atoms with Gasteiger partial charge in [0, 0.05) is 11.8 Å². The topological polar surface area (TPSA) is 67.9 Å². The van der Waals surface area contributed by atoms with Gasteiger partial charge in [-0.1, -0.05) is 18.2 Å². The van der Waals surface area contributed by atoms with Crippen LogP contribution in [0.2, 0.25) is 0 Å². The number of imide groups is 1. The van der Waals surface area contributed by atoms with E-state index >= 15 is 0 Å². The highest BCUT2D eigenvalue weighted by atomic mass is 16.5. The van der Waals surface area contributed by atoms with Gasteiger partial charge in [0.15, 0.2) is 0 Å². The van der Waals surface area contributed by atoms with Gasteiger partial charge >= 0.3 is 0 Å². The Morgan fingerprint density at radius 3 is 2.58 bits per heavy atom. The van der Waals surface area contributed by atoms with Crippen LogP contribution in [0.4, 0.5) is 11.4 Å². The van der Waals surface area contributed by atoms with E-state index in [9.17, 15) is 9.59 Å². The molecule has 1 saturated heterocycles. The molecule has 6 heteroatoms. The Balaban J connectivity index is 1.83. The lowest BCUT2D eigenvalue weighted by atomic mass is 10.2.